The first-order chi connectivity index (χ1) is 13.7. The second-order valence-corrected chi connectivity index (χ2v) is 7.59. The Morgan fingerprint density at radius 2 is 1.61 bits per heavy atom. The number of carbonyl (C=O) groups is 1. The summed E-state index contributed by atoms with van der Waals surface area (Å²) in [4.78, 5) is 16.3. The highest BCUT2D eigenvalue weighted by Crippen LogP contribution is 2.20. The van der Waals surface area contributed by atoms with Gasteiger partial charge in [0, 0.05) is 32.7 Å². The van der Waals surface area contributed by atoms with Gasteiger partial charge < -0.3 is 9.64 Å². The van der Waals surface area contributed by atoms with Gasteiger partial charge in [0.05, 0.1) is 6.61 Å². The number of rotatable bonds is 8. The molecule has 0 aromatic heterocycles. The van der Waals surface area contributed by atoms with Crippen molar-refractivity contribution < 1.29 is 9.53 Å². The van der Waals surface area contributed by atoms with Crippen LogP contribution in [0, 0.1) is 5.92 Å². The lowest BCUT2D eigenvalue weighted by molar-refractivity contribution is 0.0851. The number of hydrogen-bond acceptors (Lipinski definition) is 3. The molecule has 0 saturated carbocycles. The smallest absolute Gasteiger partial charge is 0.409 e. The third kappa shape index (κ3) is 6.38. The monoisotopic (exact) mass is 380 g/mol. The van der Waals surface area contributed by atoms with E-state index in [4.69, 9.17) is 4.74 Å². The van der Waals surface area contributed by atoms with Crippen LogP contribution in [-0.4, -0.2) is 48.7 Å². The Bertz CT molecular complexity index is 697. The fraction of sp³-hybridized carbons (Fsp3) is 0.458. The van der Waals surface area contributed by atoms with Crippen molar-refractivity contribution in [2.45, 2.75) is 32.7 Å². The van der Waals surface area contributed by atoms with Crippen molar-refractivity contribution >= 4 is 6.09 Å². The fourth-order valence-electron chi connectivity index (χ4n) is 3.89. The summed E-state index contributed by atoms with van der Waals surface area (Å²) >= 11 is 0. The molecule has 4 nitrogen and oxygen atoms in total. The minimum absolute atomic E-state index is 0.161. The zero-order valence-corrected chi connectivity index (χ0v) is 16.9. The lowest BCUT2D eigenvalue weighted by Gasteiger charge is -2.34. The van der Waals surface area contributed by atoms with Crippen molar-refractivity contribution in [3.63, 3.8) is 0 Å². The molecule has 1 amide bonds. The van der Waals surface area contributed by atoms with Crippen LogP contribution in [0.25, 0.3) is 0 Å². The molecule has 0 atom stereocenters. The predicted octanol–water partition coefficient (Wildman–Crippen LogP) is 4.60. The van der Waals surface area contributed by atoms with Crippen molar-refractivity contribution in [3.05, 3.63) is 71.8 Å². The third-order valence-electron chi connectivity index (χ3n) is 5.47. The summed E-state index contributed by atoms with van der Waals surface area (Å²) in [6.45, 7) is 7.03. The number of nitrogens with zero attached hydrogens (tertiary/aromatic N) is 2. The molecule has 3 rings (SSSR count). The molecule has 28 heavy (non-hydrogen) atoms. The van der Waals surface area contributed by atoms with E-state index < -0.39 is 0 Å². The van der Waals surface area contributed by atoms with Crippen LogP contribution in [-0.2, 0) is 17.7 Å². The van der Waals surface area contributed by atoms with Crippen molar-refractivity contribution in [2.75, 3.05) is 32.8 Å². The van der Waals surface area contributed by atoms with Crippen LogP contribution in [0.3, 0.4) is 0 Å². The second kappa shape index (κ2) is 10.9. The van der Waals surface area contributed by atoms with E-state index in [0.29, 0.717) is 12.5 Å². The highest BCUT2D eigenvalue weighted by molar-refractivity contribution is 5.67. The first-order valence-electron chi connectivity index (χ1n) is 10.5. The quantitative estimate of drug-likeness (QED) is 0.671. The molecular weight excluding hydrogens is 348 g/mol. The van der Waals surface area contributed by atoms with Gasteiger partial charge in [-0.3, -0.25) is 4.90 Å². The number of ether oxygens (including phenoxy) is 1. The van der Waals surface area contributed by atoms with E-state index in [1.54, 1.807) is 0 Å². The lowest BCUT2D eigenvalue weighted by Crippen LogP contribution is -2.42. The maximum atomic E-state index is 11.9. The van der Waals surface area contributed by atoms with Gasteiger partial charge in [0.15, 0.2) is 0 Å². The van der Waals surface area contributed by atoms with Gasteiger partial charge in [0.1, 0.15) is 0 Å². The summed E-state index contributed by atoms with van der Waals surface area (Å²) in [6, 6.07) is 21.4. The molecule has 1 aliphatic heterocycles. The Hall–Kier alpha value is -2.33. The summed E-state index contributed by atoms with van der Waals surface area (Å²) in [5, 5.41) is 0. The summed E-state index contributed by atoms with van der Waals surface area (Å²) in [5.41, 5.74) is 2.75. The highest BCUT2D eigenvalue weighted by Gasteiger charge is 2.25. The summed E-state index contributed by atoms with van der Waals surface area (Å²) in [5.74, 6) is 0.630. The van der Waals surface area contributed by atoms with Crippen LogP contribution in [0.2, 0.25) is 0 Å². The van der Waals surface area contributed by atoms with E-state index >= 15 is 0 Å². The van der Waals surface area contributed by atoms with Gasteiger partial charge in [-0.25, -0.2) is 4.79 Å². The molecule has 2 aromatic carbocycles. The van der Waals surface area contributed by atoms with E-state index in [-0.39, 0.29) is 6.09 Å². The largest absolute Gasteiger partial charge is 0.450 e. The minimum Gasteiger partial charge on any atom is -0.450 e. The van der Waals surface area contributed by atoms with Gasteiger partial charge in [0.25, 0.3) is 0 Å². The normalized spacial score (nSPS) is 15.0. The number of hydrogen-bond donors (Lipinski definition) is 0. The second-order valence-electron chi connectivity index (χ2n) is 7.59. The van der Waals surface area contributed by atoms with E-state index in [2.05, 4.69) is 65.6 Å². The Morgan fingerprint density at radius 1 is 1.00 bits per heavy atom. The lowest BCUT2D eigenvalue weighted by atomic mass is 9.96. The van der Waals surface area contributed by atoms with E-state index in [1.807, 2.05) is 11.8 Å². The SMILES string of the molecule is CCOC(=O)N1CCC(CN(CCc2ccccc2)Cc2ccccc2)CC1. The summed E-state index contributed by atoms with van der Waals surface area (Å²) < 4.78 is 5.14. The van der Waals surface area contributed by atoms with Crippen molar-refractivity contribution in [1.29, 1.82) is 0 Å². The van der Waals surface area contributed by atoms with Gasteiger partial charge in [-0.15, -0.1) is 0 Å². The predicted molar refractivity (Wildman–Crippen MR) is 113 cm³/mol. The summed E-state index contributed by atoms with van der Waals surface area (Å²) in [6.07, 6.45) is 3.01. The maximum Gasteiger partial charge on any atom is 0.409 e. The topological polar surface area (TPSA) is 32.8 Å². The first-order valence-corrected chi connectivity index (χ1v) is 10.5. The molecule has 0 unspecified atom stereocenters. The molecule has 0 aliphatic carbocycles. The summed E-state index contributed by atoms with van der Waals surface area (Å²) in [7, 11) is 0. The van der Waals surface area contributed by atoms with Crippen LogP contribution in [0.5, 0.6) is 0 Å². The van der Waals surface area contributed by atoms with Crippen molar-refractivity contribution in [3.8, 4) is 0 Å². The highest BCUT2D eigenvalue weighted by atomic mass is 16.6. The Labute approximate surface area is 169 Å². The van der Waals surface area contributed by atoms with E-state index in [1.165, 1.54) is 11.1 Å². The minimum atomic E-state index is -0.161. The Morgan fingerprint density at radius 3 is 2.21 bits per heavy atom. The van der Waals surface area contributed by atoms with E-state index in [9.17, 15) is 4.79 Å². The average molecular weight is 381 g/mol. The molecule has 0 spiro atoms. The van der Waals surface area contributed by atoms with Crippen molar-refractivity contribution in [2.24, 2.45) is 5.92 Å². The number of amides is 1. The Kier molecular flexibility index (Phi) is 7.92. The van der Waals surface area contributed by atoms with Crippen LogP contribution in [0.1, 0.15) is 30.9 Å². The standard InChI is InChI=1S/C24H32N2O2/c1-2-28-24(27)26-17-14-23(15-18-26)20-25(19-22-11-7-4-8-12-22)16-13-21-9-5-3-6-10-21/h3-12,23H,2,13-20H2,1H3. The molecule has 0 bridgehead atoms. The van der Waals surface area contributed by atoms with Gasteiger partial charge in [-0.05, 0) is 43.2 Å². The van der Waals surface area contributed by atoms with Gasteiger partial charge >= 0.3 is 6.09 Å². The third-order valence-corrected chi connectivity index (χ3v) is 5.47. The number of benzene rings is 2. The van der Waals surface area contributed by atoms with Gasteiger partial charge in [-0.2, -0.15) is 0 Å². The van der Waals surface area contributed by atoms with Crippen LogP contribution in [0.4, 0.5) is 4.79 Å². The molecule has 1 saturated heterocycles. The molecule has 2 aromatic rings. The zero-order chi connectivity index (χ0) is 19.6. The fourth-order valence-corrected chi connectivity index (χ4v) is 3.89. The molecule has 0 radical (unpaired) electrons. The number of carbonyl (C=O) groups excluding carboxylic acids is 1. The average Bonchev–Trinajstić information content (AvgIpc) is 2.74. The zero-order valence-electron chi connectivity index (χ0n) is 16.9. The molecule has 0 N–H and O–H groups in total. The van der Waals surface area contributed by atoms with Gasteiger partial charge in [0.2, 0.25) is 0 Å². The molecule has 1 fully saturated rings. The first kappa shape index (κ1) is 20.4. The van der Waals surface area contributed by atoms with Crippen LogP contribution >= 0.6 is 0 Å². The van der Waals surface area contributed by atoms with Crippen LogP contribution < -0.4 is 0 Å². The maximum absolute atomic E-state index is 11.9. The molecule has 1 heterocycles. The van der Waals surface area contributed by atoms with Crippen LogP contribution in [0.15, 0.2) is 60.7 Å². The molecule has 4 heteroatoms. The van der Waals surface area contributed by atoms with Crippen molar-refractivity contribution in [1.82, 2.24) is 9.80 Å². The molecule has 150 valence electrons. The van der Waals surface area contributed by atoms with E-state index in [0.717, 1.165) is 52.0 Å². The number of piperidine rings is 1. The molecular formula is C24H32N2O2. The van der Waals surface area contributed by atoms with Gasteiger partial charge in [-0.1, -0.05) is 60.7 Å². The number of likely N-dealkylation sites (tertiary alicyclic amines) is 1. The Balaban J connectivity index is 1.55. The molecule has 1 aliphatic rings.